The Labute approximate surface area is 194 Å². The summed E-state index contributed by atoms with van der Waals surface area (Å²) in [4.78, 5) is 35.3. The Balaban J connectivity index is 1.57. The van der Waals surface area contributed by atoms with Crippen molar-refractivity contribution in [3.05, 3.63) is 75.2 Å². The lowest BCUT2D eigenvalue weighted by molar-refractivity contribution is 0.0772. The molecule has 1 aliphatic rings. The van der Waals surface area contributed by atoms with Crippen LogP contribution in [-0.4, -0.2) is 52.6 Å². The Hall–Kier alpha value is -3.26. The molecule has 0 bridgehead atoms. The molecule has 0 radical (unpaired) electrons. The largest absolute Gasteiger partial charge is 0.360 e. The number of aryl methyl sites for hydroxylation is 1. The Kier molecular flexibility index (Phi) is 6.50. The van der Waals surface area contributed by atoms with Crippen molar-refractivity contribution in [2.75, 3.05) is 19.6 Å². The zero-order valence-electron chi connectivity index (χ0n) is 17.9. The van der Waals surface area contributed by atoms with E-state index in [0.29, 0.717) is 41.4 Å². The number of benzene rings is 1. The Morgan fingerprint density at radius 3 is 2.72 bits per heavy atom. The first-order chi connectivity index (χ1) is 15.5. The topological polar surface area (TPSA) is 91.6 Å². The van der Waals surface area contributed by atoms with E-state index >= 15 is 0 Å². The van der Waals surface area contributed by atoms with Crippen LogP contribution >= 0.6 is 15.9 Å². The third-order valence-electron chi connectivity index (χ3n) is 5.42. The Bertz CT molecular complexity index is 1200. The zero-order valence-corrected chi connectivity index (χ0v) is 19.5. The first kappa shape index (κ1) is 22.0. The van der Waals surface area contributed by atoms with E-state index in [2.05, 4.69) is 31.1 Å². The maximum atomic E-state index is 13.3. The number of hydrogen-bond acceptors (Lipinski definition) is 5. The summed E-state index contributed by atoms with van der Waals surface area (Å²) < 4.78 is 6.26. The fourth-order valence-corrected chi connectivity index (χ4v) is 3.90. The Morgan fingerprint density at radius 2 is 2.03 bits per heavy atom. The van der Waals surface area contributed by atoms with Gasteiger partial charge in [0.25, 0.3) is 5.91 Å². The van der Waals surface area contributed by atoms with Crippen LogP contribution in [0.5, 0.6) is 0 Å². The van der Waals surface area contributed by atoms with Crippen LogP contribution in [0.25, 0.3) is 11.3 Å². The number of nitrogens with one attached hydrogen (secondary N) is 1. The van der Waals surface area contributed by atoms with Gasteiger partial charge in [0.15, 0.2) is 5.78 Å². The molecule has 7 nitrogen and oxygen atoms in total. The molecule has 0 fully saturated rings. The molecule has 1 aliphatic heterocycles. The smallest absolute Gasteiger partial charge is 0.270 e. The minimum Gasteiger partial charge on any atom is -0.360 e. The predicted molar refractivity (Wildman–Crippen MR) is 126 cm³/mol. The fourth-order valence-electron chi connectivity index (χ4n) is 3.64. The quantitative estimate of drug-likeness (QED) is 0.475. The molecule has 164 valence electrons. The molecule has 1 amide bonds. The molecule has 3 aromatic rings. The SMILES string of the molecule is CCN(CC1=CC=NCC1)C(=O)c1cc(C(=O)c2c(-c3ccc(Br)cc3)noc2C)c[nH]1. The zero-order chi connectivity index (χ0) is 22.7. The first-order valence-electron chi connectivity index (χ1n) is 10.4. The molecule has 0 unspecified atom stereocenters. The van der Waals surface area contributed by atoms with Gasteiger partial charge in [0, 0.05) is 47.6 Å². The lowest BCUT2D eigenvalue weighted by Gasteiger charge is -2.22. The number of dihydropyridines is 1. The number of aromatic amines is 1. The van der Waals surface area contributed by atoms with Gasteiger partial charge in [0.05, 0.1) is 5.56 Å². The number of nitrogens with zero attached hydrogens (tertiary/aromatic N) is 3. The molecule has 4 rings (SSSR count). The number of aromatic nitrogens is 2. The van der Waals surface area contributed by atoms with E-state index < -0.39 is 0 Å². The van der Waals surface area contributed by atoms with E-state index in [1.165, 1.54) is 0 Å². The van der Waals surface area contributed by atoms with Gasteiger partial charge in [-0.25, -0.2) is 0 Å². The molecule has 0 atom stereocenters. The Morgan fingerprint density at radius 1 is 1.25 bits per heavy atom. The molecule has 3 heterocycles. The van der Waals surface area contributed by atoms with Gasteiger partial charge >= 0.3 is 0 Å². The molecular weight excluding hydrogens is 472 g/mol. The van der Waals surface area contributed by atoms with Gasteiger partial charge < -0.3 is 14.4 Å². The van der Waals surface area contributed by atoms with Crippen molar-refractivity contribution in [2.45, 2.75) is 20.3 Å². The first-order valence-corrected chi connectivity index (χ1v) is 11.2. The van der Waals surface area contributed by atoms with Crippen LogP contribution in [0.4, 0.5) is 0 Å². The molecule has 0 saturated carbocycles. The molecular formula is C24H23BrN4O3. The van der Waals surface area contributed by atoms with E-state index in [-0.39, 0.29) is 11.7 Å². The van der Waals surface area contributed by atoms with E-state index in [1.54, 1.807) is 30.3 Å². The number of rotatable bonds is 7. The molecule has 1 N–H and O–H groups in total. The summed E-state index contributed by atoms with van der Waals surface area (Å²) in [6, 6.07) is 9.10. The van der Waals surface area contributed by atoms with Gasteiger partial charge in [0.2, 0.25) is 0 Å². The number of hydrogen-bond donors (Lipinski definition) is 1. The van der Waals surface area contributed by atoms with Crippen LogP contribution in [0.15, 0.2) is 62.2 Å². The second kappa shape index (κ2) is 9.48. The fraction of sp³-hybridized carbons (Fsp3) is 0.250. The third-order valence-corrected chi connectivity index (χ3v) is 5.95. The summed E-state index contributed by atoms with van der Waals surface area (Å²) in [5.41, 5.74) is 3.58. The molecule has 8 heteroatoms. The highest BCUT2D eigenvalue weighted by Crippen LogP contribution is 2.29. The van der Waals surface area contributed by atoms with Crippen molar-refractivity contribution in [1.29, 1.82) is 0 Å². The van der Waals surface area contributed by atoms with Crippen molar-refractivity contribution < 1.29 is 14.1 Å². The van der Waals surface area contributed by atoms with Gasteiger partial charge in [-0.2, -0.15) is 0 Å². The highest BCUT2D eigenvalue weighted by Gasteiger charge is 2.25. The number of amides is 1. The standard InChI is InChI=1S/C24H23BrN4O3/c1-3-29(14-16-8-10-26-11-9-16)24(31)20-12-18(13-27-20)23(30)21-15(2)32-28-22(21)17-4-6-19(25)7-5-17/h4-8,10,12-13,27H,3,9,11,14H2,1-2H3. The summed E-state index contributed by atoms with van der Waals surface area (Å²) in [7, 11) is 0. The third kappa shape index (κ3) is 4.50. The van der Waals surface area contributed by atoms with E-state index in [1.807, 2.05) is 37.3 Å². The normalized spacial score (nSPS) is 13.2. The monoisotopic (exact) mass is 494 g/mol. The average Bonchev–Trinajstić information content (AvgIpc) is 3.45. The predicted octanol–water partition coefficient (Wildman–Crippen LogP) is 4.83. The number of carbonyl (C=O) groups is 2. The molecule has 1 aromatic carbocycles. The molecule has 0 spiro atoms. The van der Waals surface area contributed by atoms with Gasteiger partial charge in [-0.05, 0) is 50.1 Å². The van der Waals surface area contributed by atoms with Crippen molar-refractivity contribution in [2.24, 2.45) is 4.99 Å². The van der Waals surface area contributed by atoms with Crippen LogP contribution in [0.2, 0.25) is 0 Å². The maximum absolute atomic E-state index is 13.3. The molecule has 32 heavy (non-hydrogen) atoms. The van der Waals surface area contributed by atoms with Crippen LogP contribution in [0.3, 0.4) is 0 Å². The minimum atomic E-state index is -0.244. The van der Waals surface area contributed by atoms with Gasteiger partial charge in [0.1, 0.15) is 17.1 Å². The summed E-state index contributed by atoms with van der Waals surface area (Å²) in [5.74, 6) is 0.0411. The van der Waals surface area contributed by atoms with Gasteiger partial charge in [-0.3, -0.25) is 14.6 Å². The van der Waals surface area contributed by atoms with Crippen molar-refractivity contribution in [1.82, 2.24) is 15.0 Å². The number of allylic oxidation sites excluding steroid dienone is 1. The summed E-state index contributed by atoms with van der Waals surface area (Å²) >= 11 is 3.41. The van der Waals surface area contributed by atoms with Gasteiger partial charge in [-0.1, -0.05) is 33.2 Å². The maximum Gasteiger partial charge on any atom is 0.270 e. The van der Waals surface area contributed by atoms with E-state index in [9.17, 15) is 9.59 Å². The van der Waals surface area contributed by atoms with Gasteiger partial charge in [-0.15, -0.1) is 0 Å². The second-order valence-electron chi connectivity index (χ2n) is 7.55. The number of ketones is 1. The van der Waals surface area contributed by atoms with Crippen LogP contribution in [-0.2, 0) is 0 Å². The summed E-state index contributed by atoms with van der Waals surface area (Å²) in [5, 5.41) is 4.10. The highest BCUT2D eigenvalue weighted by molar-refractivity contribution is 9.10. The van der Waals surface area contributed by atoms with Crippen LogP contribution in [0.1, 0.15) is 45.5 Å². The number of aliphatic imine (C=N–C) groups is 1. The van der Waals surface area contributed by atoms with E-state index in [0.717, 1.165) is 28.6 Å². The minimum absolute atomic E-state index is 0.148. The highest BCUT2D eigenvalue weighted by atomic mass is 79.9. The average molecular weight is 495 g/mol. The summed E-state index contributed by atoms with van der Waals surface area (Å²) in [6.45, 7) is 5.50. The van der Waals surface area contributed by atoms with Crippen molar-refractivity contribution in [3.63, 3.8) is 0 Å². The molecule has 2 aromatic heterocycles. The molecule has 0 aliphatic carbocycles. The molecule has 0 saturated heterocycles. The number of halogens is 1. The number of carbonyl (C=O) groups excluding carboxylic acids is 2. The van der Waals surface area contributed by atoms with Crippen molar-refractivity contribution >= 4 is 33.8 Å². The summed E-state index contributed by atoms with van der Waals surface area (Å²) in [6.07, 6.45) is 6.16. The number of H-pyrrole nitrogens is 1. The second-order valence-corrected chi connectivity index (χ2v) is 8.47. The number of likely N-dealkylation sites (N-methyl/N-ethyl adjacent to an activating group) is 1. The lowest BCUT2D eigenvalue weighted by Crippen LogP contribution is -2.33. The van der Waals surface area contributed by atoms with Crippen LogP contribution in [0, 0.1) is 6.92 Å². The van der Waals surface area contributed by atoms with E-state index in [4.69, 9.17) is 4.52 Å². The lowest BCUT2D eigenvalue weighted by atomic mass is 9.99. The van der Waals surface area contributed by atoms with Crippen molar-refractivity contribution in [3.8, 4) is 11.3 Å². The van der Waals surface area contributed by atoms with Crippen LogP contribution < -0.4 is 0 Å².